The maximum absolute atomic E-state index is 12.4. The minimum atomic E-state index is -0.851. The minimum Gasteiger partial charge on any atom is -0.351 e. The number of nitrogens with one attached hydrogen (secondary N) is 1. The van der Waals surface area contributed by atoms with Crippen molar-refractivity contribution < 1.29 is 13.8 Å². The third kappa shape index (κ3) is 3.30. The molecule has 3 rings (SSSR count). The quantitative estimate of drug-likeness (QED) is 0.778. The van der Waals surface area contributed by atoms with Crippen LogP contribution in [0.25, 0.3) is 11.7 Å². The second-order valence-corrected chi connectivity index (χ2v) is 6.28. The molecule has 0 saturated carbocycles. The Bertz CT molecular complexity index is 885. The number of aryl methyl sites for hydroxylation is 1. The monoisotopic (exact) mass is 346 g/mol. The van der Waals surface area contributed by atoms with E-state index in [0.717, 1.165) is 0 Å². The normalized spacial score (nSPS) is 11.5. The Labute approximate surface area is 143 Å². The molecule has 0 unspecified atom stereocenters. The lowest BCUT2D eigenvalue weighted by Crippen LogP contribution is -2.41. The van der Waals surface area contributed by atoms with Crippen LogP contribution in [0.4, 0.5) is 0 Å². The van der Waals surface area contributed by atoms with E-state index >= 15 is 0 Å². The first-order valence-electron chi connectivity index (χ1n) is 7.21. The molecule has 0 atom stereocenters. The van der Waals surface area contributed by atoms with E-state index in [-0.39, 0.29) is 11.8 Å². The summed E-state index contributed by atoms with van der Waals surface area (Å²) in [5.41, 5.74) is 0.305. The van der Waals surface area contributed by atoms with E-state index < -0.39 is 5.54 Å². The fourth-order valence-corrected chi connectivity index (χ4v) is 2.27. The van der Waals surface area contributed by atoms with Crippen molar-refractivity contribution in [1.82, 2.24) is 20.6 Å². The van der Waals surface area contributed by atoms with Crippen LogP contribution in [0, 0.1) is 6.92 Å². The third-order valence-electron chi connectivity index (χ3n) is 3.34. The summed E-state index contributed by atoms with van der Waals surface area (Å²) in [6.45, 7) is 5.34. The molecule has 0 aliphatic rings. The molecule has 3 aromatic rings. The highest BCUT2D eigenvalue weighted by Gasteiger charge is 2.30. The van der Waals surface area contributed by atoms with Crippen LogP contribution in [-0.4, -0.2) is 21.2 Å². The lowest BCUT2D eigenvalue weighted by atomic mass is 10.0. The number of benzene rings is 1. The molecule has 0 bridgehead atoms. The molecule has 2 heterocycles. The number of aromatic nitrogens is 3. The van der Waals surface area contributed by atoms with Gasteiger partial charge in [-0.25, -0.2) is 0 Å². The van der Waals surface area contributed by atoms with Gasteiger partial charge in [-0.15, -0.1) is 0 Å². The molecule has 0 aliphatic carbocycles. The Kier molecular flexibility index (Phi) is 4.11. The van der Waals surface area contributed by atoms with Crippen LogP contribution in [0.2, 0.25) is 5.02 Å². The largest absolute Gasteiger partial charge is 0.351 e. The number of rotatable bonds is 4. The van der Waals surface area contributed by atoms with Crippen LogP contribution < -0.4 is 5.32 Å². The van der Waals surface area contributed by atoms with Crippen molar-refractivity contribution in [1.29, 1.82) is 0 Å². The van der Waals surface area contributed by atoms with E-state index in [1.807, 2.05) is 0 Å². The minimum absolute atomic E-state index is 0.204. The first-order chi connectivity index (χ1) is 11.3. The molecule has 0 saturated heterocycles. The van der Waals surface area contributed by atoms with E-state index in [0.29, 0.717) is 27.9 Å². The summed E-state index contributed by atoms with van der Waals surface area (Å²) >= 11 is 5.91. The molecule has 8 heteroatoms. The third-order valence-corrected chi connectivity index (χ3v) is 3.57. The lowest BCUT2D eigenvalue weighted by Gasteiger charge is -2.22. The van der Waals surface area contributed by atoms with Gasteiger partial charge in [-0.3, -0.25) is 4.79 Å². The zero-order chi connectivity index (χ0) is 17.3. The molecule has 124 valence electrons. The van der Waals surface area contributed by atoms with Gasteiger partial charge in [-0.1, -0.05) is 28.0 Å². The van der Waals surface area contributed by atoms with Gasteiger partial charge in [0.2, 0.25) is 5.76 Å². The zero-order valence-electron chi connectivity index (χ0n) is 13.3. The second-order valence-electron chi connectivity index (χ2n) is 5.85. The van der Waals surface area contributed by atoms with Crippen molar-refractivity contribution in [2.24, 2.45) is 0 Å². The summed E-state index contributed by atoms with van der Waals surface area (Å²) < 4.78 is 10.3. The Morgan fingerprint density at radius 3 is 2.67 bits per heavy atom. The molecule has 0 spiro atoms. The van der Waals surface area contributed by atoms with E-state index in [1.165, 1.54) is 0 Å². The van der Waals surface area contributed by atoms with Gasteiger partial charge in [0.25, 0.3) is 11.8 Å². The first kappa shape index (κ1) is 16.2. The highest BCUT2D eigenvalue weighted by atomic mass is 35.5. The maximum atomic E-state index is 12.4. The van der Waals surface area contributed by atoms with Crippen LogP contribution in [-0.2, 0) is 5.54 Å². The van der Waals surface area contributed by atoms with Crippen molar-refractivity contribution >= 4 is 17.5 Å². The highest BCUT2D eigenvalue weighted by Crippen LogP contribution is 2.23. The van der Waals surface area contributed by atoms with E-state index in [9.17, 15) is 4.79 Å². The van der Waals surface area contributed by atoms with E-state index in [2.05, 4.69) is 20.6 Å². The predicted molar refractivity (Wildman–Crippen MR) is 86.5 cm³/mol. The highest BCUT2D eigenvalue weighted by molar-refractivity contribution is 6.30. The van der Waals surface area contributed by atoms with Crippen LogP contribution in [0.3, 0.4) is 0 Å². The number of hydrogen-bond acceptors (Lipinski definition) is 6. The molecule has 1 amide bonds. The van der Waals surface area contributed by atoms with Gasteiger partial charge in [-0.05, 0) is 39.0 Å². The molecule has 2 aromatic heterocycles. The summed E-state index contributed by atoms with van der Waals surface area (Å²) in [7, 11) is 0. The standard InChI is InChI=1S/C16H15ClN4O3/c1-9-7-12(23-20-9)14-18-15(21-24-14)16(2,3)19-13(22)10-5-4-6-11(17)8-10/h4-8H,1-3H3,(H,19,22). The fraction of sp³-hybridized carbons (Fsp3) is 0.250. The van der Waals surface area contributed by atoms with Crippen molar-refractivity contribution in [2.45, 2.75) is 26.3 Å². The first-order valence-corrected chi connectivity index (χ1v) is 7.59. The van der Waals surface area contributed by atoms with Crippen molar-refractivity contribution in [3.63, 3.8) is 0 Å². The summed E-state index contributed by atoms with van der Waals surface area (Å²) in [5.74, 6) is 0.616. The van der Waals surface area contributed by atoms with Gasteiger partial charge >= 0.3 is 0 Å². The molecule has 0 radical (unpaired) electrons. The molecular formula is C16H15ClN4O3. The van der Waals surface area contributed by atoms with E-state index in [1.54, 1.807) is 51.1 Å². The molecule has 1 N–H and O–H groups in total. The van der Waals surface area contributed by atoms with Gasteiger partial charge in [0.15, 0.2) is 5.82 Å². The second kappa shape index (κ2) is 6.09. The maximum Gasteiger partial charge on any atom is 0.296 e. The van der Waals surface area contributed by atoms with Crippen LogP contribution in [0.5, 0.6) is 0 Å². The van der Waals surface area contributed by atoms with Gasteiger partial charge in [0, 0.05) is 16.7 Å². The Hall–Kier alpha value is -2.67. The zero-order valence-corrected chi connectivity index (χ0v) is 14.1. The van der Waals surface area contributed by atoms with Crippen LogP contribution in [0.15, 0.2) is 39.4 Å². The van der Waals surface area contributed by atoms with Gasteiger partial charge < -0.3 is 14.4 Å². The summed E-state index contributed by atoms with van der Waals surface area (Å²) in [5, 5.41) is 11.0. The topological polar surface area (TPSA) is 94.1 Å². The van der Waals surface area contributed by atoms with Crippen LogP contribution >= 0.6 is 11.6 Å². The molecule has 7 nitrogen and oxygen atoms in total. The number of hydrogen-bond donors (Lipinski definition) is 1. The molecule has 0 fully saturated rings. The van der Waals surface area contributed by atoms with Crippen molar-refractivity contribution in [3.8, 4) is 11.7 Å². The summed E-state index contributed by atoms with van der Waals surface area (Å²) in [6, 6.07) is 8.37. The van der Waals surface area contributed by atoms with Crippen molar-refractivity contribution in [2.75, 3.05) is 0 Å². The number of amides is 1. The molecule has 0 aliphatic heterocycles. The number of halogens is 1. The predicted octanol–water partition coefficient (Wildman–Crippen LogP) is 3.35. The summed E-state index contributed by atoms with van der Waals surface area (Å²) in [4.78, 5) is 16.7. The molecule has 1 aromatic carbocycles. The Morgan fingerprint density at radius 1 is 1.21 bits per heavy atom. The number of carbonyl (C=O) groups excluding carboxylic acids is 1. The number of carbonyl (C=O) groups is 1. The van der Waals surface area contributed by atoms with Gasteiger partial charge in [0.1, 0.15) is 0 Å². The fourth-order valence-electron chi connectivity index (χ4n) is 2.08. The molecular weight excluding hydrogens is 332 g/mol. The molecule has 24 heavy (non-hydrogen) atoms. The average molecular weight is 347 g/mol. The number of nitrogens with zero attached hydrogens (tertiary/aromatic N) is 3. The van der Waals surface area contributed by atoms with E-state index in [4.69, 9.17) is 20.6 Å². The van der Waals surface area contributed by atoms with Gasteiger partial charge in [0.05, 0.1) is 11.2 Å². The van der Waals surface area contributed by atoms with Crippen molar-refractivity contribution in [3.05, 3.63) is 52.4 Å². The smallest absolute Gasteiger partial charge is 0.296 e. The Morgan fingerprint density at radius 2 is 2.00 bits per heavy atom. The Balaban J connectivity index is 1.80. The summed E-state index contributed by atoms with van der Waals surface area (Å²) in [6.07, 6.45) is 0. The van der Waals surface area contributed by atoms with Gasteiger partial charge in [-0.2, -0.15) is 4.98 Å². The SMILES string of the molecule is Cc1cc(-c2nc(C(C)(C)NC(=O)c3cccc(Cl)c3)no2)on1. The average Bonchev–Trinajstić information content (AvgIpc) is 3.15. The lowest BCUT2D eigenvalue weighted by molar-refractivity contribution is 0.0907. The van der Waals surface area contributed by atoms with Crippen LogP contribution in [0.1, 0.15) is 35.7 Å².